The molecule has 0 aliphatic rings. The Labute approximate surface area is 143 Å². The summed E-state index contributed by atoms with van der Waals surface area (Å²) in [4.78, 5) is 19.8. The van der Waals surface area contributed by atoms with Gasteiger partial charge in [0.25, 0.3) is 0 Å². The summed E-state index contributed by atoms with van der Waals surface area (Å²) in [6.45, 7) is 3.90. The van der Waals surface area contributed by atoms with E-state index in [0.29, 0.717) is 0 Å². The summed E-state index contributed by atoms with van der Waals surface area (Å²) in [6.07, 6.45) is 0. The minimum absolute atomic E-state index is 0.0894. The molecule has 124 valence electrons. The van der Waals surface area contributed by atoms with Gasteiger partial charge in [-0.3, -0.25) is 4.79 Å². The molecule has 0 radical (unpaired) electrons. The molecule has 0 bridgehead atoms. The van der Waals surface area contributed by atoms with E-state index in [1.54, 1.807) is 12.1 Å². The quantitative estimate of drug-likeness (QED) is 0.689. The second kappa shape index (κ2) is 7.05. The topological polar surface area (TPSA) is 57.8 Å². The first-order valence-electron chi connectivity index (χ1n) is 7.65. The van der Waals surface area contributed by atoms with Gasteiger partial charge in [-0.25, -0.2) is 9.37 Å². The average Bonchev–Trinajstić information content (AvgIpc) is 2.95. The van der Waals surface area contributed by atoms with Crippen LogP contribution >= 0.6 is 11.8 Å². The zero-order valence-corrected chi connectivity index (χ0v) is 14.3. The molecule has 24 heavy (non-hydrogen) atoms. The first-order chi connectivity index (χ1) is 11.5. The molecule has 1 amide bonds. The van der Waals surface area contributed by atoms with Crippen LogP contribution in [0.3, 0.4) is 0 Å². The zero-order chi connectivity index (χ0) is 17.1. The number of aromatic nitrogens is 2. The molecule has 0 saturated carbocycles. The van der Waals surface area contributed by atoms with Crippen LogP contribution in [0.4, 0.5) is 4.39 Å². The lowest BCUT2D eigenvalue weighted by Gasteiger charge is -2.13. The Balaban J connectivity index is 1.57. The predicted molar refractivity (Wildman–Crippen MR) is 94.5 cm³/mol. The Hall–Kier alpha value is -2.34. The smallest absolute Gasteiger partial charge is 0.230 e. The van der Waals surface area contributed by atoms with Crippen molar-refractivity contribution in [1.29, 1.82) is 0 Å². The van der Waals surface area contributed by atoms with Gasteiger partial charge < -0.3 is 10.3 Å². The highest BCUT2D eigenvalue weighted by Crippen LogP contribution is 2.20. The van der Waals surface area contributed by atoms with Gasteiger partial charge in [-0.2, -0.15) is 0 Å². The number of hydrogen-bond acceptors (Lipinski definition) is 3. The largest absolute Gasteiger partial charge is 0.349 e. The highest BCUT2D eigenvalue weighted by molar-refractivity contribution is 7.99. The summed E-state index contributed by atoms with van der Waals surface area (Å²) in [5.41, 5.74) is 3.89. The van der Waals surface area contributed by atoms with E-state index in [0.717, 1.165) is 27.3 Å². The molecular formula is C18H18FN3OS. The van der Waals surface area contributed by atoms with Crippen molar-refractivity contribution in [2.24, 2.45) is 0 Å². The molecule has 0 fully saturated rings. The third-order valence-corrected chi connectivity index (χ3v) is 4.58. The molecule has 1 aromatic heterocycles. The predicted octanol–water partition coefficient (Wildman–Crippen LogP) is 3.98. The van der Waals surface area contributed by atoms with E-state index in [2.05, 4.69) is 15.3 Å². The van der Waals surface area contributed by atoms with E-state index in [-0.39, 0.29) is 23.5 Å². The van der Waals surface area contributed by atoms with E-state index in [1.165, 1.54) is 23.9 Å². The number of thioether (sulfide) groups is 1. The molecule has 2 N–H and O–H groups in total. The van der Waals surface area contributed by atoms with E-state index in [1.807, 2.05) is 32.0 Å². The van der Waals surface area contributed by atoms with Gasteiger partial charge in [-0.15, -0.1) is 0 Å². The number of benzene rings is 2. The van der Waals surface area contributed by atoms with Crippen LogP contribution in [0, 0.1) is 12.7 Å². The van der Waals surface area contributed by atoms with Crippen molar-refractivity contribution < 1.29 is 9.18 Å². The van der Waals surface area contributed by atoms with Crippen molar-refractivity contribution in [3.63, 3.8) is 0 Å². The van der Waals surface area contributed by atoms with Gasteiger partial charge in [-0.1, -0.05) is 30.0 Å². The number of hydrogen-bond donors (Lipinski definition) is 2. The lowest BCUT2D eigenvalue weighted by atomic mass is 10.1. The number of H-pyrrole nitrogens is 1. The number of carbonyl (C=O) groups is 1. The average molecular weight is 343 g/mol. The number of carbonyl (C=O) groups excluding carboxylic acids is 1. The van der Waals surface area contributed by atoms with Crippen molar-refractivity contribution in [3.8, 4) is 0 Å². The minimum atomic E-state index is -0.284. The fourth-order valence-electron chi connectivity index (χ4n) is 2.42. The maximum Gasteiger partial charge on any atom is 0.230 e. The van der Waals surface area contributed by atoms with Crippen molar-refractivity contribution >= 4 is 28.7 Å². The number of imidazole rings is 1. The summed E-state index contributed by atoms with van der Waals surface area (Å²) < 4.78 is 12.9. The number of rotatable bonds is 5. The summed E-state index contributed by atoms with van der Waals surface area (Å²) >= 11 is 1.36. The number of fused-ring (bicyclic) bond motifs is 1. The fourth-order valence-corrected chi connectivity index (χ4v) is 3.12. The number of aryl methyl sites for hydroxylation is 1. The van der Waals surface area contributed by atoms with Crippen LogP contribution in [0.2, 0.25) is 0 Å². The van der Waals surface area contributed by atoms with Gasteiger partial charge in [0.05, 0.1) is 22.8 Å². The molecule has 0 aliphatic carbocycles. The van der Waals surface area contributed by atoms with Crippen LogP contribution in [0.15, 0.2) is 47.6 Å². The maximum absolute atomic E-state index is 12.9. The lowest BCUT2D eigenvalue weighted by molar-refractivity contribution is -0.119. The van der Waals surface area contributed by atoms with Gasteiger partial charge in [0.15, 0.2) is 5.16 Å². The van der Waals surface area contributed by atoms with Crippen LogP contribution in [-0.2, 0) is 4.79 Å². The van der Waals surface area contributed by atoms with Crippen molar-refractivity contribution in [3.05, 3.63) is 59.4 Å². The van der Waals surface area contributed by atoms with Crippen LogP contribution < -0.4 is 5.32 Å². The fraction of sp³-hybridized carbons (Fsp3) is 0.222. The second-order valence-corrected chi connectivity index (χ2v) is 6.66. The number of amides is 1. The highest BCUT2D eigenvalue weighted by Gasteiger charge is 2.11. The van der Waals surface area contributed by atoms with Gasteiger partial charge in [-0.05, 0) is 49.2 Å². The third-order valence-electron chi connectivity index (χ3n) is 3.70. The van der Waals surface area contributed by atoms with Crippen LogP contribution in [0.1, 0.15) is 24.1 Å². The zero-order valence-electron chi connectivity index (χ0n) is 13.5. The molecule has 0 unspecified atom stereocenters. The van der Waals surface area contributed by atoms with E-state index < -0.39 is 0 Å². The van der Waals surface area contributed by atoms with Gasteiger partial charge in [0, 0.05) is 0 Å². The second-order valence-electron chi connectivity index (χ2n) is 5.69. The van der Waals surface area contributed by atoms with Crippen LogP contribution in [0.25, 0.3) is 11.0 Å². The van der Waals surface area contributed by atoms with Crippen LogP contribution in [-0.4, -0.2) is 21.6 Å². The molecule has 0 saturated heterocycles. The monoisotopic (exact) mass is 343 g/mol. The molecule has 0 aliphatic heterocycles. The number of nitrogens with one attached hydrogen (secondary N) is 2. The Bertz CT molecular complexity index is 860. The van der Waals surface area contributed by atoms with Crippen molar-refractivity contribution in [1.82, 2.24) is 15.3 Å². The Morgan fingerprint density at radius 2 is 2.04 bits per heavy atom. The molecule has 6 heteroatoms. The van der Waals surface area contributed by atoms with Gasteiger partial charge >= 0.3 is 0 Å². The molecule has 4 nitrogen and oxygen atoms in total. The van der Waals surface area contributed by atoms with Gasteiger partial charge in [0.1, 0.15) is 5.82 Å². The van der Waals surface area contributed by atoms with Crippen molar-refractivity contribution in [2.45, 2.75) is 25.0 Å². The van der Waals surface area contributed by atoms with E-state index >= 15 is 0 Å². The van der Waals surface area contributed by atoms with E-state index in [9.17, 15) is 9.18 Å². The van der Waals surface area contributed by atoms with Crippen LogP contribution in [0.5, 0.6) is 0 Å². The maximum atomic E-state index is 12.9. The van der Waals surface area contributed by atoms with Gasteiger partial charge in [0.2, 0.25) is 5.91 Å². The molecule has 0 spiro atoms. The van der Waals surface area contributed by atoms with E-state index in [4.69, 9.17) is 0 Å². The third kappa shape index (κ3) is 3.94. The molecular weight excluding hydrogens is 325 g/mol. The lowest BCUT2D eigenvalue weighted by Crippen LogP contribution is -2.28. The molecule has 3 rings (SSSR count). The standard InChI is InChI=1S/C18H18FN3OS/c1-11-3-8-15-16(9-11)22-18(21-15)24-10-17(23)20-12(2)13-4-6-14(19)7-5-13/h3-9,12H,10H2,1-2H3,(H,20,23)(H,21,22)/t12-/m1/s1. The summed E-state index contributed by atoms with van der Waals surface area (Å²) in [5, 5.41) is 3.63. The molecule has 1 heterocycles. The SMILES string of the molecule is Cc1ccc2nc(SCC(=O)N[C@H](C)c3ccc(F)cc3)[nH]c2c1. The Morgan fingerprint density at radius 3 is 2.79 bits per heavy atom. The summed E-state index contributed by atoms with van der Waals surface area (Å²) in [6, 6.07) is 12.0. The Morgan fingerprint density at radius 1 is 1.29 bits per heavy atom. The first kappa shape index (κ1) is 16.5. The van der Waals surface area contributed by atoms with Crippen molar-refractivity contribution in [2.75, 3.05) is 5.75 Å². The number of nitrogens with zero attached hydrogens (tertiary/aromatic N) is 1. The summed E-state index contributed by atoms with van der Waals surface area (Å²) in [5.74, 6) is -0.105. The normalized spacial score (nSPS) is 12.3. The number of aromatic amines is 1. The molecule has 3 aromatic rings. The molecule has 2 aromatic carbocycles. The first-order valence-corrected chi connectivity index (χ1v) is 8.64. The molecule has 1 atom stereocenters. The summed E-state index contributed by atoms with van der Waals surface area (Å²) in [7, 11) is 0. The minimum Gasteiger partial charge on any atom is -0.349 e. The number of halogens is 1. The highest BCUT2D eigenvalue weighted by atomic mass is 32.2. The Kier molecular flexibility index (Phi) is 4.85.